The van der Waals surface area contributed by atoms with E-state index in [1.54, 1.807) is 0 Å². The van der Waals surface area contributed by atoms with E-state index in [0.29, 0.717) is 0 Å². The molecule has 9 heavy (non-hydrogen) atoms. The molecule has 0 aromatic heterocycles. The van der Waals surface area contributed by atoms with Crippen LogP contribution in [0.5, 0.6) is 0 Å². The number of hydrogen-bond acceptors (Lipinski definition) is 2. The highest BCUT2D eigenvalue weighted by Crippen LogP contribution is 2.41. The van der Waals surface area contributed by atoms with Crippen molar-refractivity contribution in [2.45, 2.75) is 12.6 Å². The zero-order chi connectivity index (χ0) is 7.65. The second kappa shape index (κ2) is 2.84. The summed E-state index contributed by atoms with van der Waals surface area (Å²) in [5.41, 5.74) is -1.29. The Morgan fingerprint density at radius 2 is 2.00 bits per heavy atom. The minimum absolute atomic E-state index is 0.789. The fraction of sp³-hybridized carbons (Fsp3) is 0.667. The number of rotatable bonds is 2. The highest BCUT2D eigenvalue weighted by atomic mass is 32.1. The second-order valence-electron chi connectivity index (χ2n) is 1.60. The summed E-state index contributed by atoms with van der Waals surface area (Å²) in [6, 6.07) is 0. The molecule has 0 fully saturated rings. The molecule has 0 amide bonds. The molecule has 0 spiro atoms. The van der Waals surface area contributed by atoms with Gasteiger partial charge >= 0.3 is 7.60 Å². The lowest BCUT2D eigenvalue weighted by molar-refractivity contribution is -0.110. The molecule has 0 aliphatic carbocycles. The van der Waals surface area contributed by atoms with Crippen molar-refractivity contribution in [3.05, 3.63) is 0 Å². The van der Waals surface area contributed by atoms with Gasteiger partial charge in [-0.1, -0.05) is 0 Å². The van der Waals surface area contributed by atoms with Crippen molar-refractivity contribution in [1.29, 1.82) is 0 Å². The van der Waals surface area contributed by atoms with E-state index in [4.69, 9.17) is 9.79 Å². The molecule has 54 valence electrons. The van der Waals surface area contributed by atoms with Gasteiger partial charge in [-0.2, -0.15) is 0 Å². The van der Waals surface area contributed by atoms with Crippen molar-refractivity contribution in [1.82, 2.24) is 0 Å². The molecule has 0 radical (unpaired) electrons. The van der Waals surface area contributed by atoms with Gasteiger partial charge in [-0.25, -0.2) is 0 Å². The van der Waals surface area contributed by atoms with Gasteiger partial charge in [0.05, 0.1) is 0 Å². The van der Waals surface area contributed by atoms with Gasteiger partial charge in [-0.15, -0.1) is 12.6 Å². The number of thiol groups is 1. The average Bonchev–Trinajstić information content (AvgIpc) is 1.62. The summed E-state index contributed by atoms with van der Waals surface area (Å²) in [6.45, 7) is 1.14. The zero-order valence-corrected chi connectivity index (χ0v) is 6.47. The third-order valence-electron chi connectivity index (χ3n) is 0.862. The van der Waals surface area contributed by atoms with Crippen LogP contribution in [-0.2, 0) is 9.36 Å². The first-order valence-corrected chi connectivity index (χ1v) is 4.26. The van der Waals surface area contributed by atoms with E-state index in [2.05, 4.69) is 12.6 Å². The molecule has 6 heteroatoms. The molecular weight excluding hydrogens is 163 g/mol. The summed E-state index contributed by atoms with van der Waals surface area (Å²) in [5.74, 6) is 0. The SMILES string of the molecule is CC(C(=O)S)P(=O)(O)O. The molecule has 0 bridgehead atoms. The maximum atomic E-state index is 10.2. The maximum absolute atomic E-state index is 10.2. The number of carbonyl (C=O) groups excluding carboxylic acids is 1. The summed E-state index contributed by atoms with van der Waals surface area (Å²) >= 11 is 3.26. The Morgan fingerprint density at radius 1 is 1.67 bits per heavy atom. The van der Waals surface area contributed by atoms with Crippen molar-refractivity contribution < 1.29 is 19.1 Å². The van der Waals surface area contributed by atoms with Crippen molar-refractivity contribution in [3.8, 4) is 0 Å². The van der Waals surface area contributed by atoms with E-state index in [0.717, 1.165) is 6.92 Å². The van der Waals surface area contributed by atoms with Gasteiger partial charge in [-0.3, -0.25) is 9.36 Å². The van der Waals surface area contributed by atoms with Crippen LogP contribution in [-0.4, -0.2) is 20.6 Å². The Balaban J connectivity index is 4.23. The standard InChI is InChI=1S/C3H7O4PS/c1-2(3(4)9)8(5,6)7/h2H,1H3,(H,4,9)(H2,5,6,7). The van der Waals surface area contributed by atoms with Crippen molar-refractivity contribution in [2.24, 2.45) is 0 Å². The Labute approximate surface area is 57.8 Å². The van der Waals surface area contributed by atoms with Gasteiger partial charge in [0.25, 0.3) is 0 Å². The molecule has 2 N–H and O–H groups in total. The first kappa shape index (κ1) is 9.17. The lowest BCUT2D eigenvalue weighted by Gasteiger charge is -2.07. The molecule has 0 saturated heterocycles. The summed E-state index contributed by atoms with van der Waals surface area (Å²) in [5, 5.41) is -0.789. The topological polar surface area (TPSA) is 74.6 Å². The third-order valence-corrected chi connectivity index (χ3v) is 2.70. The molecular formula is C3H7O4PS. The molecule has 0 rings (SSSR count). The number of hydrogen-bond donors (Lipinski definition) is 3. The molecule has 0 heterocycles. The van der Waals surface area contributed by atoms with Crippen LogP contribution in [0.2, 0.25) is 0 Å². The smallest absolute Gasteiger partial charge is 0.324 e. The lowest BCUT2D eigenvalue weighted by atomic mass is 10.5. The predicted octanol–water partition coefficient (Wildman–Crippen LogP) is 0.00900. The minimum atomic E-state index is -4.24. The Hall–Kier alpha value is 0.170. The lowest BCUT2D eigenvalue weighted by Crippen LogP contribution is -2.10. The van der Waals surface area contributed by atoms with Gasteiger partial charge in [-0.05, 0) is 6.92 Å². The summed E-state index contributed by atoms with van der Waals surface area (Å²) in [4.78, 5) is 26.8. The summed E-state index contributed by atoms with van der Waals surface area (Å²) in [7, 11) is -4.24. The van der Waals surface area contributed by atoms with Crippen molar-refractivity contribution in [2.75, 3.05) is 0 Å². The molecule has 1 atom stereocenters. The Kier molecular flexibility index (Phi) is 2.89. The van der Waals surface area contributed by atoms with Gasteiger partial charge in [0.1, 0.15) is 5.66 Å². The minimum Gasteiger partial charge on any atom is -0.324 e. The molecule has 4 nitrogen and oxygen atoms in total. The second-order valence-corrected chi connectivity index (χ2v) is 4.00. The van der Waals surface area contributed by atoms with Crippen LogP contribution in [0.3, 0.4) is 0 Å². The van der Waals surface area contributed by atoms with Gasteiger partial charge in [0, 0.05) is 0 Å². The molecule has 0 aromatic carbocycles. The van der Waals surface area contributed by atoms with Crippen molar-refractivity contribution >= 4 is 25.3 Å². The van der Waals surface area contributed by atoms with E-state index in [1.165, 1.54) is 0 Å². The van der Waals surface area contributed by atoms with Crippen LogP contribution in [0, 0.1) is 0 Å². The van der Waals surface area contributed by atoms with E-state index >= 15 is 0 Å². The van der Waals surface area contributed by atoms with E-state index in [1.807, 2.05) is 0 Å². The summed E-state index contributed by atoms with van der Waals surface area (Å²) in [6.07, 6.45) is 0. The molecule has 0 saturated carbocycles. The Morgan fingerprint density at radius 3 is 2.00 bits per heavy atom. The summed E-state index contributed by atoms with van der Waals surface area (Å²) < 4.78 is 10.2. The maximum Gasteiger partial charge on any atom is 0.336 e. The highest BCUT2D eigenvalue weighted by Gasteiger charge is 2.28. The normalized spacial score (nSPS) is 15.1. The average molecular weight is 170 g/mol. The fourth-order valence-corrected chi connectivity index (χ4v) is 0.883. The van der Waals surface area contributed by atoms with Gasteiger partial charge < -0.3 is 9.79 Å². The Bertz CT molecular complexity index is 161. The predicted molar refractivity (Wildman–Crippen MR) is 35.5 cm³/mol. The van der Waals surface area contributed by atoms with Gasteiger partial charge in [0.15, 0.2) is 0 Å². The van der Waals surface area contributed by atoms with Crippen LogP contribution >= 0.6 is 20.2 Å². The molecule has 0 aromatic rings. The first-order valence-electron chi connectivity index (χ1n) is 2.13. The monoisotopic (exact) mass is 170 g/mol. The van der Waals surface area contributed by atoms with Crippen LogP contribution in [0.15, 0.2) is 0 Å². The molecule has 0 aliphatic rings. The van der Waals surface area contributed by atoms with E-state index in [-0.39, 0.29) is 0 Å². The molecule has 0 aliphatic heterocycles. The highest BCUT2D eigenvalue weighted by molar-refractivity contribution is 7.97. The van der Waals surface area contributed by atoms with E-state index < -0.39 is 18.4 Å². The zero-order valence-electron chi connectivity index (χ0n) is 4.68. The van der Waals surface area contributed by atoms with Crippen LogP contribution < -0.4 is 0 Å². The number of carbonyl (C=O) groups is 1. The van der Waals surface area contributed by atoms with E-state index in [9.17, 15) is 9.36 Å². The van der Waals surface area contributed by atoms with Crippen LogP contribution in [0.1, 0.15) is 6.92 Å². The first-order chi connectivity index (χ1) is 3.85. The molecule has 1 unspecified atom stereocenters. The third kappa shape index (κ3) is 3.01. The van der Waals surface area contributed by atoms with Crippen LogP contribution in [0.4, 0.5) is 0 Å². The largest absolute Gasteiger partial charge is 0.336 e. The fourth-order valence-electron chi connectivity index (χ4n) is 0.144. The quantitative estimate of drug-likeness (QED) is 0.403. The van der Waals surface area contributed by atoms with Crippen molar-refractivity contribution in [3.63, 3.8) is 0 Å². The van der Waals surface area contributed by atoms with Gasteiger partial charge in [0.2, 0.25) is 5.12 Å². The van der Waals surface area contributed by atoms with Crippen LogP contribution in [0.25, 0.3) is 0 Å².